The monoisotopic (exact) mass is 289 g/mol. The van der Waals surface area contributed by atoms with Gasteiger partial charge in [0.15, 0.2) is 0 Å². The van der Waals surface area contributed by atoms with Crippen LogP contribution in [0.25, 0.3) is 0 Å². The van der Waals surface area contributed by atoms with Crippen LogP contribution in [0.4, 0.5) is 0 Å². The van der Waals surface area contributed by atoms with Crippen LogP contribution in [0.2, 0.25) is 0 Å². The lowest BCUT2D eigenvalue weighted by Crippen LogP contribution is -2.31. The van der Waals surface area contributed by atoms with Gasteiger partial charge in [-0.15, -0.1) is 0 Å². The standard InChI is InChI=1S/C17H27N3O/c1-11(2)21-16-7-15(9-19-10-16)17(20-18)8-14-6-12-3-4-13(14)5-12/h7,9-14,17,20H,3-6,8,18H2,1-2H3. The molecule has 0 radical (unpaired) electrons. The Bertz CT molecular complexity index is 477. The number of fused-ring (bicyclic) bond motifs is 2. The highest BCUT2D eigenvalue weighted by atomic mass is 16.5. The van der Waals surface area contributed by atoms with Crippen molar-refractivity contribution in [2.45, 2.75) is 58.1 Å². The van der Waals surface area contributed by atoms with Crippen molar-refractivity contribution in [2.75, 3.05) is 0 Å². The van der Waals surface area contributed by atoms with Crippen molar-refractivity contribution in [1.82, 2.24) is 10.4 Å². The topological polar surface area (TPSA) is 60.2 Å². The Morgan fingerprint density at radius 1 is 1.33 bits per heavy atom. The molecular weight excluding hydrogens is 262 g/mol. The molecule has 2 saturated carbocycles. The maximum atomic E-state index is 5.81. The van der Waals surface area contributed by atoms with Gasteiger partial charge in [0.2, 0.25) is 0 Å². The third kappa shape index (κ3) is 3.38. The van der Waals surface area contributed by atoms with Crippen LogP contribution in [0, 0.1) is 17.8 Å². The van der Waals surface area contributed by atoms with Crippen LogP contribution in [-0.4, -0.2) is 11.1 Å². The highest BCUT2D eigenvalue weighted by Crippen LogP contribution is 2.50. The van der Waals surface area contributed by atoms with E-state index in [-0.39, 0.29) is 12.1 Å². The Morgan fingerprint density at radius 3 is 2.81 bits per heavy atom. The quantitative estimate of drug-likeness (QED) is 0.623. The summed E-state index contributed by atoms with van der Waals surface area (Å²) in [5.74, 6) is 9.37. The van der Waals surface area contributed by atoms with E-state index < -0.39 is 0 Å². The van der Waals surface area contributed by atoms with Crippen molar-refractivity contribution in [2.24, 2.45) is 23.6 Å². The van der Waals surface area contributed by atoms with Gasteiger partial charge in [-0.3, -0.25) is 16.3 Å². The number of pyridine rings is 1. The summed E-state index contributed by atoms with van der Waals surface area (Å²) >= 11 is 0. The first kappa shape index (κ1) is 14.8. The van der Waals surface area contributed by atoms with Crippen molar-refractivity contribution in [3.05, 3.63) is 24.0 Å². The predicted molar refractivity (Wildman–Crippen MR) is 83.6 cm³/mol. The molecule has 0 saturated heterocycles. The molecule has 1 aromatic rings. The van der Waals surface area contributed by atoms with Crippen LogP contribution < -0.4 is 16.0 Å². The Balaban J connectivity index is 1.68. The summed E-state index contributed by atoms with van der Waals surface area (Å²) < 4.78 is 5.74. The lowest BCUT2D eigenvalue weighted by Gasteiger charge is -2.26. The average Bonchev–Trinajstić information content (AvgIpc) is 3.06. The second-order valence-electron chi connectivity index (χ2n) is 7.01. The van der Waals surface area contributed by atoms with Crippen LogP contribution in [0.1, 0.15) is 57.6 Å². The molecule has 4 unspecified atom stereocenters. The van der Waals surface area contributed by atoms with Gasteiger partial charge in [0.1, 0.15) is 5.75 Å². The van der Waals surface area contributed by atoms with E-state index in [4.69, 9.17) is 10.6 Å². The minimum atomic E-state index is 0.164. The fourth-order valence-electron chi connectivity index (χ4n) is 4.23. The second-order valence-corrected chi connectivity index (χ2v) is 7.01. The van der Waals surface area contributed by atoms with Gasteiger partial charge < -0.3 is 4.74 Å². The summed E-state index contributed by atoms with van der Waals surface area (Å²) in [7, 11) is 0. The lowest BCUT2D eigenvalue weighted by atomic mass is 9.83. The molecule has 4 heteroatoms. The van der Waals surface area contributed by atoms with Crippen molar-refractivity contribution in [3.63, 3.8) is 0 Å². The Labute approximate surface area is 127 Å². The molecule has 0 aromatic carbocycles. The fraction of sp³-hybridized carbons (Fsp3) is 0.706. The molecular formula is C17H27N3O. The molecule has 2 aliphatic carbocycles. The molecule has 1 heterocycles. The van der Waals surface area contributed by atoms with E-state index >= 15 is 0 Å². The number of ether oxygens (including phenoxy) is 1. The zero-order chi connectivity index (χ0) is 14.8. The molecule has 116 valence electrons. The van der Waals surface area contributed by atoms with E-state index in [9.17, 15) is 0 Å². The largest absolute Gasteiger partial charge is 0.489 e. The zero-order valence-electron chi connectivity index (χ0n) is 13.1. The molecule has 0 spiro atoms. The van der Waals surface area contributed by atoms with E-state index in [1.165, 1.54) is 25.7 Å². The number of nitrogens with two attached hydrogens (primary N) is 1. The third-order valence-electron chi connectivity index (χ3n) is 5.13. The summed E-state index contributed by atoms with van der Waals surface area (Å²) in [6.45, 7) is 4.06. The van der Waals surface area contributed by atoms with E-state index in [1.807, 2.05) is 20.0 Å². The average molecular weight is 289 g/mol. The number of nitrogens with zero attached hydrogens (tertiary/aromatic N) is 1. The normalized spacial score (nSPS) is 29.0. The molecule has 2 bridgehead atoms. The zero-order valence-corrected chi connectivity index (χ0v) is 13.1. The predicted octanol–water partition coefficient (Wildman–Crippen LogP) is 3.20. The van der Waals surface area contributed by atoms with Gasteiger partial charge in [-0.05, 0) is 68.9 Å². The summed E-state index contributed by atoms with van der Waals surface area (Å²) in [4.78, 5) is 4.31. The third-order valence-corrected chi connectivity index (χ3v) is 5.13. The molecule has 2 aliphatic rings. The van der Waals surface area contributed by atoms with E-state index in [1.54, 1.807) is 6.20 Å². The molecule has 2 fully saturated rings. The van der Waals surface area contributed by atoms with Crippen LogP contribution in [0.3, 0.4) is 0 Å². The maximum Gasteiger partial charge on any atom is 0.138 e. The second kappa shape index (κ2) is 6.32. The fourth-order valence-corrected chi connectivity index (χ4v) is 4.23. The van der Waals surface area contributed by atoms with Crippen molar-refractivity contribution in [3.8, 4) is 5.75 Å². The maximum absolute atomic E-state index is 5.81. The van der Waals surface area contributed by atoms with Gasteiger partial charge in [0, 0.05) is 12.2 Å². The van der Waals surface area contributed by atoms with Crippen molar-refractivity contribution in [1.29, 1.82) is 0 Å². The van der Waals surface area contributed by atoms with Gasteiger partial charge in [-0.1, -0.05) is 6.42 Å². The van der Waals surface area contributed by atoms with Gasteiger partial charge in [-0.25, -0.2) is 0 Å². The first-order valence-electron chi connectivity index (χ1n) is 8.23. The van der Waals surface area contributed by atoms with Gasteiger partial charge >= 0.3 is 0 Å². The van der Waals surface area contributed by atoms with Crippen LogP contribution in [0.5, 0.6) is 5.75 Å². The van der Waals surface area contributed by atoms with E-state index in [0.29, 0.717) is 0 Å². The minimum Gasteiger partial charge on any atom is -0.489 e. The Kier molecular flexibility index (Phi) is 4.45. The van der Waals surface area contributed by atoms with Crippen LogP contribution in [-0.2, 0) is 0 Å². The Hall–Kier alpha value is -1.13. The molecule has 1 aromatic heterocycles. The first-order chi connectivity index (χ1) is 10.2. The number of hydrogen-bond donors (Lipinski definition) is 2. The van der Waals surface area contributed by atoms with E-state index in [2.05, 4.69) is 16.5 Å². The summed E-state index contributed by atoms with van der Waals surface area (Å²) in [6, 6.07) is 2.25. The van der Waals surface area contributed by atoms with Crippen molar-refractivity contribution >= 4 is 0 Å². The number of hydrazine groups is 1. The molecule has 4 atom stereocenters. The number of nitrogens with one attached hydrogen (secondary N) is 1. The molecule has 4 nitrogen and oxygen atoms in total. The lowest BCUT2D eigenvalue weighted by molar-refractivity contribution is 0.240. The van der Waals surface area contributed by atoms with Gasteiger partial charge in [0.25, 0.3) is 0 Å². The summed E-state index contributed by atoms with van der Waals surface area (Å²) in [6.07, 6.45) is 10.7. The van der Waals surface area contributed by atoms with Crippen LogP contribution in [0.15, 0.2) is 18.5 Å². The van der Waals surface area contributed by atoms with Gasteiger partial charge in [-0.2, -0.15) is 0 Å². The smallest absolute Gasteiger partial charge is 0.138 e. The summed E-state index contributed by atoms with van der Waals surface area (Å²) in [5, 5.41) is 0. The van der Waals surface area contributed by atoms with Gasteiger partial charge in [0.05, 0.1) is 12.3 Å². The van der Waals surface area contributed by atoms with E-state index in [0.717, 1.165) is 35.5 Å². The molecule has 3 N–H and O–H groups in total. The van der Waals surface area contributed by atoms with Crippen LogP contribution >= 0.6 is 0 Å². The summed E-state index contributed by atoms with van der Waals surface area (Å²) in [5.41, 5.74) is 4.13. The minimum absolute atomic E-state index is 0.164. The highest BCUT2D eigenvalue weighted by molar-refractivity contribution is 5.26. The first-order valence-corrected chi connectivity index (χ1v) is 8.23. The molecule has 0 aliphatic heterocycles. The van der Waals surface area contributed by atoms with Crippen molar-refractivity contribution < 1.29 is 4.74 Å². The Morgan fingerprint density at radius 2 is 2.19 bits per heavy atom. The molecule has 3 rings (SSSR count). The number of hydrogen-bond acceptors (Lipinski definition) is 4. The molecule has 21 heavy (non-hydrogen) atoms. The number of rotatable bonds is 6. The SMILES string of the molecule is CC(C)Oc1cncc(C(CC2CC3CCC2C3)NN)c1. The highest BCUT2D eigenvalue weighted by Gasteiger charge is 2.40. The molecule has 0 amide bonds. The number of aromatic nitrogens is 1.